The number of aliphatic carboxylic acids is 1. The molecule has 1 aliphatic carbocycles. The number of nitrogens with zero attached hydrogens (tertiary/aromatic N) is 1. The summed E-state index contributed by atoms with van der Waals surface area (Å²) in [4.78, 5) is 38.2. The molecule has 37 heavy (non-hydrogen) atoms. The van der Waals surface area contributed by atoms with E-state index in [9.17, 15) is 19.5 Å². The third kappa shape index (κ3) is 6.55. The van der Waals surface area contributed by atoms with Gasteiger partial charge in [-0.2, -0.15) is 0 Å². The Morgan fingerprint density at radius 3 is 2.11 bits per heavy atom. The summed E-state index contributed by atoms with van der Waals surface area (Å²) in [7, 11) is 0. The minimum Gasteiger partial charge on any atom is -0.480 e. The van der Waals surface area contributed by atoms with Gasteiger partial charge in [-0.15, -0.1) is 0 Å². The van der Waals surface area contributed by atoms with Crippen LogP contribution in [0.5, 0.6) is 0 Å². The van der Waals surface area contributed by atoms with Crippen molar-refractivity contribution in [1.82, 2.24) is 10.2 Å². The van der Waals surface area contributed by atoms with E-state index in [1.165, 1.54) is 4.90 Å². The lowest BCUT2D eigenvalue weighted by molar-refractivity contribution is -0.145. The molecule has 1 unspecified atom stereocenters. The highest BCUT2D eigenvalue weighted by molar-refractivity contribution is 5.82. The van der Waals surface area contributed by atoms with Crippen LogP contribution in [-0.2, 0) is 20.9 Å². The molecule has 0 heterocycles. The molecule has 2 N–H and O–H groups in total. The van der Waals surface area contributed by atoms with Crippen LogP contribution in [0.15, 0.2) is 78.9 Å². The number of alkyl carbamates (subject to hydrolysis) is 1. The van der Waals surface area contributed by atoms with E-state index in [4.69, 9.17) is 4.74 Å². The Balaban J connectivity index is 1.30. The zero-order chi connectivity index (χ0) is 26.2. The van der Waals surface area contributed by atoms with Crippen LogP contribution >= 0.6 is 0 Å². The fourth-order valence-corrected chi connectivity index (χ4v) is 4.81. The molecule has 0 aliphatic heterocycles. The van der Waals surface area contributed by atoms with E-state index < -0.39 is 12.1 Å². The Kier molecular flexibility index (Phi) is 8.56. The van der Waals surface area contributed by atoms with Gasteiger partial charge in [0.1, 0.15) is 13.2 Å². The third-order valence-electron chi connectivity index (χ3n) is 6.81. The highest BCUT2D eigenvalue weighted by Gasteiger charge is 2.29. The number of carbonyl (C=O) groups is 3. The highest BCUT2D eigenvalue weighted by Crippen LogP contribution is 2.44. The van der Waals surface area contributed by atoms with Crippen LogP contribution < -0.4 is 5.32 Å². The molecule has 0 fully saturated rings. The van der Waals surface area contributed by atoms with Gasteiger partial charge in [-0.1, -0.05) is 92.2 Å². The van der Waals surface area contributed by atoms with Gasteiger partial charge in [-0.3, -0.25) is 9.59 Å². The Hall–Kier alpha value is -4.13. The molecule has 3 aromatic carbocycles. The number of hydrogen-bond acceptors (Lipinski definition) is 4. The molecule has 7 heteroatoms. The molecule has 7 nitrogen and oxygen atoms in total. The zero-order valence-electron chi connectivity index (χ0n) is 20.9. The lowest BCUT2D eigenvalue weighted by atomic mass is 9.98. The number of rotatable bonds is 11. The largest absolute Gasteiger partial charge is 0.480 e. The van der Waals surface area contributed by atoms with Gasteiger partial charge in [-0.05, 0) is 33.7 Å². The molecule has 4 rings (SSSR count). The quantitative estimate of drug-likeness (QED) is 0.384. The van der Waals surface area contributed by atoms with Crippen LogP contribution in [0.25, 0.3) is 11.1 Å². The van der Waals surface area contributed by atoms with Gasteiger partial charge >= 0.3 is 12.1 Å². The van der Waals surface area contributed by atoms with Crippen LogP contribution in [0.2, 0.25) is 0 Å². The van der Waals surface area contributed by atoms with Crippen LogP contribution in [0.4, 0.5) is 4.79 Å². The maximum Gasteiger partial charge on any atom is 0.407 e. The molecule has 1 aliphatic rings. The molecule has 0 radical (unpaired) electrons. The van der Waals surface area contributed by atoms with Crippen LogP contribution in [-0.4, -0.2) is 47.7 Å². The molecule has 0 spiro atoms. The summed E-state index contributed by atoms with van der Waals surface area (Å²) < 4.78 is 5.60. The molecule has 0 bridgehead atoms. The Labute approximate surface area is 217 Å². The van der Waals surface area contributed by atoms with Crippen molar-refractivity contribution >= 4 is 18.0 Å². The first-order valence-corrected chi connectivity index (χ1v) is 12.6. The molecule has 0 saturated heterocycles. The monoisotopic (exact) mass is 500 g/mol. The van der Waals surface area contributed by atoms with Crippen molar-refractivity contribution in [1.29, 1.82) is 0 Å². The van der Waals surface area contributed by atoms with Gasteiger partial charge in [-0.25, -0.2) is 4.79 Å². The molecule has 0 aromatic heterocycles. The maximum absolute atomic E-state index is 12.9. The Morgan fingerprint density at radius 1 is 0.919 bits per heavy atom. The summed E-state index contributed by atoms with van der Waals surface area (Å²) >= 11 is 0. The van der Waals surface area contributed by atoms with E-state index in [1.807, 2.05) is 61.5 Å². The average molecular weight is 501 g/mol. The van der Waals surface area contributed by atoms with Gasteiger partial charge in [0.25, 0.3) is 0 Å². The summed E-state index contributed by atoms with van der Waals surface area (Å²) in [6, 6.07) is 25.6. The van der Waals surface area contributed by atoms with E-state index in [0.29, 0.717) is 6.42 Å². The summed E-state index contributed by atoms with van der Waals surface area (Å²) in [6.45, 7) is 2.28. The molecule has 3 aromatic rings. The lowest BCUT2D eigenvalue weighted by Gasteiger charge is -2.24. The van der Waals surface area contributed by atoms with Gasteiger partial charge < -0.3 is 20.1 Å². The molecule has 192 valence electrons. The maximum atomic E-state index is 12.9. The number of ether oxygens (including phenoxy) is 1. The van der Waals surface area contributed by atoms with Crippen molar-refractivity contribution in [3.63, 3.8) is 0 Å². The smallest absolute Gasteiger partial charge is 0.407 e. The van der Waals surface area contributed by atoms with Gasteiger partial charge in [0.15, 0.2) is 0 Å². The topological polar surface area (TPSA) is 95.9 Å². The van der Waals surface area contributed by atoms with Crippen LogP contribution in [0.1, 0.15) is 42.4 Å². The first-order valence-electron chi connectivity index (χ1n) is 12.6. The zero-order valence-corrected chi connectivity index (χ0v) is 20.9. The number of carbonyl (C=O) groups excluding carboxylic acids is 2. The standard InChI is InChI=1S/C30H32N2O5/c1-2-21(16-28(33)32(19-29(34)35)18-22-10-4-3-5-11-22)17-31-30(36)37-20-27-25-14-8-6-12-23(25)24-13-7-9-15-26(24)27/h3-15,21,27H,2,16-20H2,1H3,(H,31,36)(H,34,35). The molecular formula is C30H32N2O5. The van der Waals surface area contributed by atoms with E-state index in [2.05, 4.69) is 29.6 Å². The summed E-state index contributed by atoms with van der Waals surface area (Å²) in [6.07, 6.45) is 0.265. The van der Waals surface area contributed by atoms with E-state index in [0.717, 1.165) is 27.8 Å². The fourth-order valence-electron chi connectivity index (χ4n) is 4.81. The number of fused-ring (bicyclic) bond motifs is 3. The van der Waals surface area contributed by atoms with Crippen molar-refractivity contribution < 1.29 is 24.2 Å². The van der Waals surface area contributed by atoms with E-state index >= 15 is 0 Å². The first kappa shape index (κ1) is 25.9. The van der Waals surface area contributed by atoms with Crippen molar-refractivity contribution in [3.05, 3.63) is 95.6 Å². The second-order valence-corrected chi connectivity index (χ2v) is 9.31. The van der Waals surface area contributed by atoms with Gasteiger partial charge in [0.2, 0.25) is 5.91 Å². The summed E-state index contributed by atoms with van der Waals surface area (Å²) in [5, 5.41) is 12.1. The minimum absolute atomic E-state index is 0.0238. The van der Waals surface area contributed by atoms with Crippen molar-refractivity contribution in [3.8, 4) is 11.1 Å². The predicted molar refractivity (Wildman–Crippen MR) is 141 cm³/mol. The molecular weight excluding hydrogens is 468 g/mol. The Bertz CT molecular complexity index is 1200. The number of benzene rings is 3. The van der Waals surface area contributed by atoms with Crippen LogP contribution in [0.3, 0.4) is 0 Å². The molecule has 2 amide bonds. The summed E-state index contributed by atoms with van der Waals surface area (Å²) in [5.41, 5.74) is 5.48. The lowest BCUT2D eigenvalue weighted by Crippen LogP contribution is -2.38. The van der Waals surface area contributed by atoms with Crippen molar-refractivity contribution in [2.45, 2.75) is 32.2 Å². The normalized spacial score (nSPS) is 12.8. The molecule has 0 saturated carbocycles. The number of amides is 2. The average Bonchev–Trinajstić information content (AvgIpc) is 3.23. The van der Waals surface area contributed by atoms with Gasteiger partial charge in [0, 0.05) is 25.4 Å². The number of hydrogen-bond donors (Lipinski definition) is 2. The second kappa shape index (κ2) is 12.2. The fraction of sp³-hybridized carbons (Fsp3) is 0.300. The second-order valence-electron chi connectivity index (χ2n) is 9.31. The first-order chi connectivity index (χ1) is 18.0. The third-order valence-corrected chi connectivity index (χ3v) is 6.81. The number of nitrogens with one attached hydrogen (secondary N) is 1. The van der Waals surface area contributed by atoms with Crippen LogP contribution in [0, 0.1) is 5.92 Å². The predicted octanol–water partition coefficient (Wildman–Crippen LogP) is 5.05. The summed E-state index contributed by atoms with van der Waals surface area (Å²) in [5.74, 6) is -1.48. The number of carboxylic acids is 1. The van der Waals surface area contributed by atoms with Gasteiger partial charge in [0.05, 0.1) is 0 Å². The SMILES string of the molecule is CCC(CNC(=O)OCC1c2ccccc2-c2ccccc21)CC(=O)N(CC(=O)O)Cc1ccccc1. The van der Waals surface area contributed by atoms with Crippen molar-refractivity contribution in [2.24, 2.45) is 5.92 Å². The Morgan fingerprint density at radius 2 is 1.51 bits per heavy atom. The van der Waals surface area contributed by atoms with E-state index in [1.54, 1.807) is 0 Å². The van der Waals surface area contributed by atoms with E-state index in [-0.39, 0.29) is 50.4 Å². The van der Waals surface area contributed by atoms with Crippen molar-refractivity contribution in [2.75, 3.05) is 19.7 Å². The number of carboxylic acid groups (broad SMARTS) is 1. The minimum atomic E-state index is -1.06. The highest BCUT2D eigenvalue weighted by atomic mass is 16.5. The molecule has 1 atom stereocenters.